The highest BCUT2D eigenvalue weighted by Gasteiger charge is 2.35. The van der Waals surface area contributed by atoms with Gasteiger partial charge in [-0.3, -0.25) is 4.79 Å². The molecule has 0 amide bonds. The fraction of sp³-hybridized carbons (Fsp3) is 0.692. The maximum absolute atomic E-state index is 11.9. The SMILES string of the molecule is CN(c1cnn(C)c(=O)c1Br)C1CC2CCC(C1)N2. The van der Waals surface area contributed by atoms with Crippen molar-refractivity contribution in [2.75, 3.05) is 11.9 Å². The lowest BCUT2D eigenvalue weighted by Gasteiger charge is -2.37. The van der Waals surface area contributed by atoms with Crippen LogP contribution in [-0.2, 0) is 7.05 Å². The molecule has 2 bridgehead atoms. The van der Waals surface area contributed by atoms with Crippen molar-refractivity contribution in [1.82, 2.24) is 15.1 Å². The van der Waals surface area contributed by atoms with Gasteiger partial charge in [0.05, 0.1) is 11.9 Å². The zero-order valence-corrected chi connectivity index (χ0v) is 12.9. The second-order valence-corrected chi connectivity index (χ2v) is 6.44. The molecule has 1 N–H and O–H groups in total. The molecular weight excluding hydrogens is 308 g/mol. The van der Waals surface area contributed by atoms with Gasteiger partial charge in [0.25, 0.3) is 5.56 Å². The number of nitrogens with one attached hydrogen (secondary N) is 1. The van der Waals surface area contributed by atoms with Gasteiger partial charge in [-0.25, -0.2) is 4.68 Å². The van der Waals surface area contributed by atoms with Crippen molar-refractivity contribution in [3.05, 3.63) is 21.0 Å². The van der Waals surface area contributed by atoms with Gasteiger partial charge in [0, 0.05) is 32.2 Å². The summed E-state index contributed by atoms with van der Waals surface area (Å²) in [6.07, 6.45) is 6.63. The molecule has 1 aromatic rings. The molecule has 5 nitrogen and oxygen atoms in total. The molecule has 6 heteroatoms. The van der Waals surface area contributed by atoms with Crippen molar-refractivity contribution in [3.63, 3.8) is 0 Å². The van der Waals surface area contributed by atoms with Crippen LogP contribution in [0.25, 0.3) is 0 Å². The lowest BCUT2D eigenvalue weighted by atomic mass is 9.98. The van der Waals surface area contributed by atoms with Gasteiger partial charge in [-0.15, -0.1) is 0 Å². The van der Waals surface area contributed by atoms with Gasteiger partial charge < -0.3 is 10.2 Å². The Morgan fingerprint density at radius 3 is 2.68 bits per heavy atom. The highest BCUT2D eigenvalue weighted by atomic mass is 79.9. The predicted octanol–water partition coefficient (Wildman–Crippen LogP) is 1.26. The molecule has 2 saturated heterocycles. The molecular formula is C13H19BrN4O. The maximum Gasteiger partial charge on any atom is 0.282 e. The van der Waals surface area contributed by atoms with E-state index in [1.807, 2.05) is 0 Å². The van der Waals surface area contributed by atoms with Gasteiger partial charge in [-0.05, 0) is 41.6 Å². The molecule has 0 aromatic carbocycles. The Morgan fingerprint density at radius 1 is 1.42 bits per heavy atom. The lowest BCUT2D eigenvalue weighted by molar-refractivity contribution is 0.354. The van der Waals surface area contributed by atoms with Crippen LogP contribution < -0.4 is 15.8 Å². The van der Waals surface area contributed by atoms with Crippen LogP contribution in [0.4, 0.5) is 5.69 Å². The number of hydrogen-bond acceptors (Lipinski definition) is 4. The molecule has 3 heterocycles. The van der Waals surface area contributed by atoms with Crippen molar-refractivity contribution < 1.29 is 0 Å². The normalized spacial score (nSPS) is 29.5. The minimum absolute atomic E-state index is 0.0822. The summed E-state index contributed by atoms with van der Waals surface area (Å²) in [5.41, 5.74) is 0.815. The van der Waals surface area contributed by atoms with Crippen LogP contribution in [0.1, 0.15) is 25.7 Å². The van der Waals surface area contributed by atoms with Gasteiger partial charge in [-0.1, -0.05) is 0 Å². The number of nitrogens with zero attached hydrogens (tertiary/aromatic N) is 3. The van der Waals surface area contributed by atoms with E-state index in [-0.39, 0.29) is 5.56 Å². The summed E-state index contributed by atoms with van der Waals surface area (Å²) in [7, 11) is 3.73. The molecule has 2 fully saturated rings. The number of rotatable bonds is 2. The Balaban J connectivity index is 1.86. The number of halogens is 1. The molecule has 2 aliphatic rings. The fourth-order valence-corrected chi connectivity index (χ4v) is 3.93. The van der Waals surface area contributed by atoms with Crippen molar-refractivity contribution >= 4 is 21.6 Å². The van der Waals surface area contributed by atoms with Crippen molar-refractivity contribution in [3.8, 4) is 0 Å². The highest BCUT2D eigenvalue weighted by Crippen LogP contribution is 2.32. The van der Waals surface area contributed by atoms with Gasteiger partial charge in [0.15, 0.2) is 0 Å². The molecule has 19 heavy (non-hydrogen) atoms. The van der Waals surface area contributed by atoms with Crippen molar-refractivity contribution in [2.45, 2.75) is 43.8 Å². The molecule has 0 radical (unpaired) electrons. The molecule has 1 aromatic heterocycles. The van der Waals surface area contributed by atoms with E-state index in [0.717, 1.165) is 18.5 Å². The van der Waals surface area contributed by atoms with E-state index >= 15 is 0 Å². The molecule has 104 valence electrons. The second-order valence-electron chi connectivity index (χ2n) is 5.65. The van der Waals surface area contributed by atoms with Crippen LogP contribution in [0.3, 0.4) is 0 Å². The van der Waals surface area contributed by atoms with Gasteiger partial charge in [0.2, 0.25) is 0 Å². The Labute approximate surface area is 121 Å². The van der Waals surface area contributed by atoms with Crippen LogP contribution in [0.5, 0.6) is 0 Å². The Hall–Kier alpha value is -0.880. The first-order valence-corrected chi connectivity index (χ1v) is 7.56. The number of aryl methyl sites for hydroxylation is 1. The average molecular weight is 327 g/mol. The van der Waals surface area contributed by atoms with Crippen LogP contribution in [-0.4, -0.2) is 35.0 Å². The quantitative estimate of drug-likeness (QED) is 0.889. The topological polar surface area (TPSA) is 50.2 Å². The summed E-state index contributed by atoms with van der Waals surface area (Å²) < 4.78 is 1.96. The molecule has 2 atom stereocenters. The van der Waals surface area contributed by atoms with Crippen molar-refractivity contribution in [1.29, 1.82) is 0 Å². The van der Waals surface area contributed by atoms with E-state index in [9.17, 15) is 4.79 Å². The Morgan fingerprint density at radius 2 is 2.05 bits per heavy atom. The van der Waals surface area contributed by atoms with E-state index in [1.54, 1.807) is 13.2 Å². The van der Waals surface area contributed by atoms with E-state index in [0.29, 0.717) is 22.6 Å². The van der Waals surface area contributed by atoms with E-state index < -0.39 is 0 Å². The van der Waals surface area contributed by atoms with Crippen LogP contribution >= 0.6 is 15.9 Å². The van der Waals surface area contributed by atoms with Crippen LogP contribution in [0.2, 0.25) is 0 Å². The zero-order chi connectivity index (χ0) is 13.6. The molecule has 0 saturated carbocycles. The molecule has 2 aliphatic heterocycles. The monoisotopic (exact) mass is 326 g/mol. The highest BCUT2D eigenvalue weighted by molar-refractivity contribution is 9.10. The first kappa shape index (κ1) is 13.1. The summed E-state index contributed by atoms with van der Waals surface area (Å²) in [5.74, 6) is 0. The first-order chi connectivity index (χ1) is 9.06. The van der Waals surface area contributed by atoms with E-state index in [2.05, 4.69) is 38.3 Å². The number of anilines is 1. The Bertz CT molecular complexity index is 532. The molecule has 2 unspecified atom stereocenters. The fourth-order valence-electron chi connectivity index (χ4n) is 3.29. The lowest BCUT2D eigenvalue weighted by Crippen LogP contribution is -2.47. The van der Waals surface area contributed by atoms with Gasteiger partial charge in [-0.2, -0.15) is 5.10 Å². The molecule has 0 aliphatic carbocycles. The summed E-state index contributed by atoms with van der Waals surface area (Å²) in [6.45, 7) is 0. The molecule has 0 spiro atoms. The average Bonchev–Trinajstić information content (AvgIpc) is 2.74. The number of fused-ring (bicyclic) bond motifs is 2. The standard InChI is InChI=1S/C13H19BrN4O/c1-17(10-5-8-3-4-9(6-10)16-8)11-7-15-18(2)13(19)12(11)14/h7-10,16H,3-6H2,1-2H3. The second kappa shape index (κ2) is 4.90. The van der Waals surface area contributed by atoms with Crippen molar-refractivity contribution in [2.24, 2.45) is 7.05 Å². The zero-order valence-electron chi connectivity index (χ0n) is 11.3. The summed E-state index contributed by atoms with van der Waals surface area (Å²) >= 11 is 3.41. The van der Waals surface area contributed by atoms with Crippen LogP contribution in [0.15, 0.2) is 15.5 Å². The third-order valence-electron chi connectivity index (χ3n) is 4.44. The van der Waals surface area contributed by atoms with E-state index in [1.165, 1.54) is 17.5 Å². The Kier molecular flexibility index (Phi) is 3.39. The van der Waals surface area contributed by atoms with Gasteiger partial charge >= 0.3 is 0 Å². The first-order valence-electron chi connectivity index (χ1n) is 6.77. The minimum Gasteiger partial charge on any atom is -0.369 e. The number of hydrogen-bond donors (Lipinski definition) is 1. The summed E-state index contributed by atoms with van der Waals surface area (Å²) in [4.78, 5) is 14.1. The third-order valence-corrected chi connectivity index (χ3v) is 5.18. The third kappa shape index (κ3) is 2.31. The summed E-state index contributed by atoms with van der Waals surface area (Å²) in [6, 6.07) is 1.78. The summed E-state index contributed by atoms with van der Waals surface area (Å²) in [5, 5.41) is 7.77. The predicted molar refractivity (Wildman–Crippen MR) is 78.5 cm³/mol. The number of aromatic nitrogens is 2. The number of piperidine rings is 1. The van der Waals surface area contributed by atoms with E-state index in [4.69, 9.17) is 0 Å². The van der Waals surface area contributed by atoms with Gasteiger partial charge in [0.1, 0.15) is 4.47 Å². The van der Waals surface area contributed by atoms with Crippen LogP contribution in [0, 0.1) is 0 Å². The maximum atomic E-state index is 11.9. The largest absolute Gasteiger partial charge is 0.369 e. The smallest absolute Gasteiger partial charge is 0.282 e. The minimum atomic E-state index is -0.0822. The molecule has 3 rings (SSSR count).